The van der Waals surface area contributed by atoms with E-state index in [0.29, 0.717) is 70.7 Å². The molecule has 0 aliphatic carbocycles. The second-order valence-electron chi connectivity index (χ2n) is 15.7. The van der Waals surface area contributed by atoms with Crippen LogP contribution in [0.15, 0.2) is 121 Å². The highest BCUT2D eigenvalue weighted by Crippen LogP contribution is 2.49. The van der Waals surface area contributed by atoms with Gasteiger partial charge in [-0.2, -0.15) is 15.0 Å². The highest BCUT2D eigenvalue weighted by Gasteiger charge is 2.27. The van der Waals surface area contributed by atoms with Gasteiger partial charge in [-0.25, -0.2) is 38.6 Å². The van der Waals surface area contributed by atoms with Gasteiger partial charge < -0.3 is 78.0 Å². The van der Waals surface area contributed by atoms with E-state index < -0.39 is 28.3 Å². The van der Waals surface area contributed by atoms with Crippen molar-refractivity contribution in [2.75, 3.05) is 83.1 Å². The van der Waals surface area contributed by atoms with E-state index in [4.69, 9.17) is 64.3 Å². The number of fused-ring (bicyclic) bond motifs is 3. The quantitative estimate of drug-likeness (QED) is 0.0353. The number of aromatic amines is 1. The molecule has 0 aliphatic heterocycles. The zero-order chi connectivity index (χ0) is 54.8. The SMILES string of the molecule is COP(=O)(COCCn1cnc2c(=O)[nH]c(N)nc21)Oc1ccccc1.COP(=O)(COCCn1cnc2c(N)nc(N)nc21)Oc1ccccc1.COP(=O)(COCCn1cnc2c(N)ncnc21)Oc1ccccc1. The molecule has 0 amide bonds. The van der Waals surface area contributed by atoms with Crippen LogP contribution in [0.2, 0.25) is 0 Å². The van der Waals surface area contributed by atoms with E-state index in [2.05, 4.69) is 44.9 Å². The standard InChI is InChI=1S/C15H19N6O4P.C15H18N5O5P.C15H18N5O4P/c1-23-26(22,25-11-5-3-2-4-6-11)10-24-8-7-21-9-18-12-13(16)19-15(17)20-14(12)21;1-23-26(22,25-11-5-3-2-4-6-11)10-24-8-7-20-9-17-12-13(20)18-15(16)19-14(12)21;1-22-25(21,24-12-5-3-2-4-6-12)11-23-8-7-20-10-19-13-14(16)17-9-18-15(13)20/h2-6,9H,7-8,10H2,1H3,(H4,16,17,19,20);2-6,9H,7-8,10H2,1H3,(H3,16,18,19,21);2-6,9-10H,7-8,11H2,1H3,(H2,16,17,18). The molecule has 9 rings (SSSR count). The lowest BCUT2D eigenvalue weighted by Crippen LogP contribution is -2.13. The van der Waals surface area contributed by atoms with Crippen molar-refractivity contribution in [3.8, 4) is 17.2 Å². The van der Waals surface area contributed by atoms with Crippen molar-refractivity contribution in [2.45, 2.75) is 19.6 Å². The molecule has 9 N–H and O–H groups in total. The van der Waals surface area contributed by atoms with Crippen LogP contribution in [-0.4, -0.2) is 119 Å². The summed E-state index contributed by atoms with van der Waals surface area (Å²) in [6.07, 6.45) is 5.44. The monoisotopic (exact) mass is 1120 g/mol. The average molecular weight is 1120 g/mol. The first kappa shape index (κ1) is 56.9. The molecule has 0 saturated heterocycles. The summed E-state index contributed by atoms with van der Waals surface area (Å²) in [7, 11) is -6.26. The lowest BCUT2D eigenvalue weighted by Gasteiger charge is -2.17. The third kappa shape index (κ3) is 15.9. The van der Waals surface area contributed by atoms with E-state index in [-0.39, 0.29) is 62.1 Å². The van der Waals surface area contributed by atoms with Gasteiger partial charge >= 0.3 is 22.8 Å². The maximum Gasteiger partial charge on any atom is 0.404 e. The molecule has 9 aromatic rings. The lowest BCUT2D eigenvalue weighted by molar-refractivity contribution is 0.146. The number of nitrogen functional groups attached to an aromatic ring is 4. The first-order valence-corrected chi connectivity index (χ1v) is 28.1. The van der Waals surface area contributed by atoms with Gasteiger partial charge in [-0.05, 0) is 36.4 Å². The number of imidazole rings is 3. The van der Waals surface area contributed by atoms with E-state index >= 15 is 0 Å². The minimum absolute atomic E-state index is 0.00492. The fourth-order valence-corrected chi connectivity index (χ4v) is 9.72. The summed E-state index contributed by atoms with van der Waals surface area (Å²) < 4.78 is 90.5. The van der Waals surface area contributed by atoms with Crippen LogP contribution in [0.1, 0.15) is 0 Å². The molecule has 3 aromatic carbocycles. The Bertz CT molecular complexity index is 3540. The summed E-state index contributed by atoms with van der Waals surface area (Å²) in [6, 6.07) is 26.3. The Labute approximate surface area is 438 Å². The molecule has 408 valence electrons. The molecule has 0 aliphatic rings. The molecule has 3 unspecified atom stereocenters. The summed E-state index contributed by atoms with van der Waals surface area (Å²) in [5.41, 5.74) is 24.9. The number of anilines is 4. The van der Waals surface area contributed by atoms with E-state index in [9.17, 15) is 18.5 Å². The molecule has 6 aromatic heterocycles. The van der Waals surface area contributed by atoms with E-state index in [1.54, 1.807) is 99.2 Å². The molecule has 0 radical (unpaired) electrons. The largest absolute Gasteiger partial charge is 0.423 e. The van der Waals surface area contributed by atoms with Gasteiger partial charge in [0.25, 0.3) is 5.56 Å². The minimum Gasteiger partial charge on any atom is -0.423 e. The number of aromatic nitrogens is 12. The topological polar surface area (TPSA) is 389 Å². The number of nitrogens with two attached hydrogens (primary N) is 4. The Hall–Kier alpha value is -7.84. The van der Waals surface area contributed by atoms with Crippen LogP contribution >= 0.6 is 22.8 Å². The first-order valence-electron chi connectivity index (χ1n) is 22.9. The van der Waals surface area contributed by atoms with Crippen molar-refractivity contribution in [2.24, 2.45) is 0 Å². The maximum atomic E-state index is 12.6. The molecule has 0 spiro atoms. The van der Waals surface area contributed by atoms with Crippen molar-refractivity contribution >= 4 is 79.8 Å². The predicted molar refractivity (Wildman–Crippen MR) is 284 cm³/mol. The second kappa shape index (κ2) is 26.8. The molecule has 6 heterocycles. The molecule has 0 saturated carbocycles. The number of hydrogen-bond donors (Lipinski definition) is 5. The molecule has 3 atom stereocenters. The number of ether oxygens (including phenoxy) is 3. The van der Waals surface area contributed by atoms with Crippen LogP contribution in [0.5, 0.6) is 17.2 Å². The van der Waals surface area contributed by atoms with Gasteiger partial charge in [0, 0.05) is 41.0 Å². The Morgan fingerprint density at radius 3 is 1.30 bits per heavy atom. The summed E-state index contributed by atoms with van der Waals surface area (Å²) in [5, 5.41) is 0. The number of benzene rings is 3. The molecule has 29 nitrogen and oxygen atoms in total. The van der Waals surface area contributed by atoms with Gasteiger partial charge in [-0.3, -0.25) is 9.78 Å². The van der Waals surface area contributed by atoms with Crippen molar-refractivity contribution in [3.05, 3.63) is 127 Å². The Morgan fingerprint density at radius 2 is 0.870 bits per heavy atom. The van der Waals surface area contributed by atoms with Crippen molar-refractivity contribution in [1.82, 2.24) is 58.6 Å². The maximum absolute atomic E-state index is 12.6. The zero-order valence-electron chi connectivity index (χ0n) is 41.7. The third-order valence-corrected chi connectivity index (χ3v) is 15.0. The van der Waals surface area contributed by atoms with Crippen LogP contribution in [0.25, 0.3) is 33.5 Å². The van der Waals surface area contributed by atoms with Crippen LogP contribution < -0.4 is 42.1 Å². The fraction of sp³-hybridized carbons (Fsp3) is 0.267. The molecule has 77 heavy (non-hydrogen) atoms. The summed E-state index contributed by atoms with van der Waals surface area (Å²) in [4.78, 5) is 46.5. The number of nitrogens with one attached hydrogen (secondary N) is 1. The summed E-state index contributed by atoms with van der Waals surface area (Å²) in [5.74, 6) is 1.95. The Balaban J connectivity index is 0.000000168. The average Bonchev–Trinajstić information content (AvgIpc) is 4.17. The van der Waals surface area contributed by atoms with E-state index in [0.717, 1.165) is 0 Å². The third-order valence-electron chi connectivity index (χ3n) is 10.4. The van der Waals surface area contributed by atoms with E-state index in [1.807, 2.05) is 18.2 Å². The van der Waals surface area contributed by atoms with Gasteiger partial charge in [-0.1, -0.05) is 54.6 Å². The van der Waals surface area contributed by atoms with E-state index in [1.165, 1.54) is 34.0 Å². The predicted octanol–water partition coefficient (Wildman–Crippen LogP) is 5.78. The number of hydrogen-bond acceptors (Lipinski definition) is 25. The van der Waals surface area contributed by atoms with Crippen LogP contribution in [0.3, 0.4) is 0 Å². The lowest BCUT2D eigenvalue weighted by atomic mass is 10.3. The second-order valence-corrected chi connectivity index (χ2v) is 21.8. The van der Waals surface area contributed by atoms with Gasteiger partial charge in [0.2, 0.25) is 11.9 Å². The molecule has 32 heteroatoms. The number of para-hydroxylation sites is 3. The zero-order valence-corrected chi connectivity index (χ0v) is 44.4. The highest BCUT2D eigenvalue weighted by molar-refractivity contribution is 7.54. The van der Waals surface area contributed by atoms with Crippen LogP contribution in [0.4, 0.5) is 23.5 Å². The van der Waals surface area contributed by atoms with Gasteiger partial charge in [0.15, 0.2) is 53.1 Å². The summed E-state index contributed by atoms with van der Waals surface area (Å²) in [6.45, 7) is 1.90. The number of rotatable bonds is 24. The molecular formula is C45H55N16O13P3. The van der Waals surface area contributed by atoms with Gasteiger partial charge in [-0.15, -0.1) is 0 Å². The fourth-order valence-electron chi connectivity index (χ4n) is 6.64. The first-order chi connectivity index (χ1) is 37.1. The smallest absolute Gasteiger partial charge is 0.404 e. The van der Waals surface area contributed by atoms with Crippen molar-refractivity contribution in [1.29, 1.82) is 0 Å². The number of nitrogens with zero attached hydrogens (tertiary/aromatic N) is 11. The van der Waals surface area contributed by atoms with Crippen molar-refractivity contribution < 1.29 is 55.0 Å². The van der Waals surface area contributed by atoms with Gasteiger partial charge in [0.05, 0.1) is 38.8 Å². The molecule has 0 fully saturated rings. The molecular weight excluding hydrogens is 1070 g/mol. The highest BCUT2D eigenvalue weighted by atomic mass is 31.2. The van der Waals surface area contributed by atoms with Crippen LogP contribution in [-0.2, 0) is 61.1 Å². The van der Waals surface area contributed by atoms with Crippen molar-refractivity contribution in [3.63, 3.8) is 0 Å². The van der Waals surface area contributed by atoms with Crippen LogP contribution in [0, 0.1) is 0 Å². The summed E-state index contributed by atoms with van der Waals surface area (Å²) >= 11 is 0. The Morgan fingerprint density at radius 1 is 0.481 bits per heavy atom. The normalized spacial score (nSPS) is 13.6. The number of H-pyrrole nitrogens is 1. The molecule has 0 bridgehead atoms. The minimum atomic E-state index is -3.43. The Kier molecular flexibility index (Phi) is 19.8. The van der Waals surface area contributed by atoms with Gasteiger partial charge in [0.1, 0.15) is 34.6 Å².